The third kappa shape index (κ3) is 4.45. The largest absolute Gasteiger partial charge is 0.478 e. The number of allylic oxidation sites excluding steroid dienone is 1. The molecule has 25 heteroatoms. The first-order valence-corrected chi connectivity index (χ1v) is 7.77. The lowest BCUT2D eigenvalue weighted by atomic mass is 9.88. The van der Waals surface area contributed by atoms with Crippen LogP contribution in [0.5, 0.6) is 0 Å². The van der Waals surface area contributed by atoms with Crippen LogP contribution in [0.25, 0.3) is 0 Å². The van der Waals surface area contributed by atoms with Crippen molar-refractivity contribution in [1.29, 1.82) is 0 Å². The van der Waals surface area contributed by atoms with Gasteiger partial charge in [0.2, 0.25) is 0 Å². The first-order valence-electron chi connectivity index (χ1n) is 7.77. The Kier molecular flexibility index (Phi) is 8.25. The van der Waals surface area contributed by atoms with Crippen LogP contribution in [0.15, 0.2) is 11.4 Å². The molecule has 0 fully saturated rings. The second-order valence-electron chi connectivity index (χ2n) is 6.58. The highest BCUT2D eigenvalue weighted by atomic mass is 19.4. The van der Waals surface area contributed by atoms with Crippen molar-refractivity contribution in [2.24, 2.45) is 0 Å². The van der Waals surface area contributed by atoms with Gasteiger partial charge in [-0.1, -0.05) is 0 Å². The van der Waals surface area contributed by atoms with Gasteiger partial charge in [0.1, 0.15) is 0 Å². The van der Waals surface area contributed by atoms with E-state index in [2.05, 4.69) is 0 Å². The van der Waals surface area contributed by atoms with Crippen LogP contribution in [0, 0.1) is 0 Å². The second-order valence-corrected chi connectivity index (χ2v) is 6.58. The Bertz CT molecular complexity index is 947. The summed E-state index contributed by atoms with van der Waals surface area (Å²) in [6.07, 6.45) is -15.7. The van der Waals surface area contributed by atoms with Gasteiger partial charge in [-0.15, -0.1) is 0 Å². The third-order valence-corrected chi connectivity index (χ3v) is 4.10. The lowest BCUT2D eigenvalue weighted by Gasteiger charge is -2.42. The molecule has 0 rings (SSSR count). The van der Waals surface area contributed by atoms with Crippen LogP contribution in [0.2, 0.25) is 0 Å². The van der Waals surface area contributed by atoms with Crippen molar-refractivity contribution in [2.45, 2.75) is 59.7 Å². The van der Waals surface area contributed by atoms with Crippen LogP contribution in [0.4, 0.5) is 101 Å². The van der Waals surface area contributed by atoms with E-state index in [4.69, 9.17) is 5.11 Å². The Morgan fingerprint density at radius 1 is 0.395 bits per heavy atom. The van der Waals surface area contributed by atoms with Crippen molar-refractivity contribution in [3.63, 3.8) is 0 Å². The minimum Gasteiger partial charge on any atom is -0.478 e. The molecule has 0 amide bonds. The fourth-order valence-electron chi connectivity index (χ4n) is 1.97. The number of alkyl halides is 22. The fraction of sp³-hybridized carbons (Fsp3) is 0.769. The van der Waals surface area contributed by atoms with Crippen LogP contribution in [0.1, 0.15) is 0 Å². The van der Waals surface area contributed by atoms with Crippen LogP contribution < -0.4 is 0 Å². The lowest BCUT2D eigenvalue weighted by Crippen LogP contribution is -2.74. The van der Waals surface area contributed by atoms with Crippen molar-refractivity contribution >= 4 is 5.97 Å². The van der Waals surface area contributed by atoms with Crippen molar-refractivity contribution in [1.82, 2.24) is 0 Å². The van der Waals surface area contributed by atoms with Crippen LogP contribution in [-0.4, -0.2) is 70.8 Å². The predicted octanol–water partition coefficient (Wildman–Crippen LogP) is 7.50. The van der Waals surface area contributed by atoms with Gasteiger partial charge in [-0.05, 0) is 0 Å². The number of carboxylic acids is 1. The maximum atomic E-state index is 13.5. The normalized spacial score (nSPS) is 16.9. The minimum absolute atomic E-state index is 4.38. The molecule has 0 aromatic heterocycles. The van der Waals surface area contributed by atoms with E-state index in [-0.39, 0.29) is 0 Å². The van der Waals surface area contributed by atoms with Gasteiger partial charge in [-0.2, -0.15) is 96.6 Å². The topological polar surface area (TPSA) is 37.3 Å². The SMILES string of the molecule is O=C(O)C(=C(F)C(F)(F)C(F)(F)C(F)(F)C(F)(F)C(F)(F)C(F)(F)C(F)(F)C(F)(F)F)C(F)(F)C(F)(F)F. The average molecular weight is 626 g/mol. The van der Waals surface area contributed by atoms with Crippen molar-refractivity contribution in [2.75, 3.05) is 0 Å². The fourth-order valence-corrected chi connectivity index (χ4v) is 1.97. The maximum absolute atomic E-state index is 13.5. The first-order chi connectivity index (χ1) is 16.0. The van der Waals surface area contributed by atoms with Gasteiger partial charge in [0.15, 0.2) is 11.4 Å². The zero-order valence-corrected chi connectivity index (χ0v) is 16.0. The number of aliphatic carboxylic acids is 1. The molecule has 0 saturated carbocycles. The summed E-state index contributed by atoms with van der Waals surface area (Å²) < 4.78 is 297. The van der Waals surface area contributed by atoms with E-state index >= 15 is 0 Å². The molecule has 0 atom stereocenters. The Labute approximate surface area is 189 Å². The Balaban J connectivity index is 7.43. The third-order valence-electron chi connectivity index (χ3n) is 4.10. The quantitative estimate of drug-likeness (QED) is 0.213. The summed E-state index contributed by atoms with van der Waals surface area (Å²) in [7, 11) is 0. The van der Waals surface area contributed by atoms with E-state index in [0.717, 1.165) is 0 Å². The monoisotopic (exact) mass is 626 g/mol. The summed E-state index contributed by atoms with van der Waals surface area (Å²) in [5, 5.41) is 8.04. The summed E-state index contributed by atoms with van der Waals surface area (Å²) in [6, 6.07) is 0. The Morgan fingerprint density at radius 3 is 0.895 bits per heavy atom. The Hall–Kier alpha value is -2.40. The molecule has 0 aliphatic heterocycles. The number of hydrogen-bond acceptors (Lipinski definition) is 1. The first kappa shape index (κ1) is 35.6. The van der Waals surface area contributed by atoms with Crippen LogP contribution in [-0.2, 0) is 4.79 Å². The van der Waals surface area contributed by atoms with Gasteiger partial charge in [0.25, 0.3) is 0 Å². The highest BCUT2D eigenvalue weighted by Gasteiger charge is 2.95. The number of carbonyl (C=O) groups is 1. The second kappa shape index (κ2) is 8.81. The van der Waals surface area contributed by atoms with E-state index < -0.39 is 77.1 Å². The molecule has 0 unspecified atom stereocenters. The molecular weight excluding hydrogens is 625 g/mol. The summed E-state index contributed by atoms with van der Waals surface area (Å²) in [5.41, 5.74) is -4.98. The summed E-state index contributed by atoms with van der Waals surface area (Å²) in [4.78, 5) is 10.3. The van der Waals surface area contributed by atoms with E-state index in [1.54, 1.807) is 0 Å². The molecule has 0 bridgehead atoms. The van der Waals surface area contributed by atoms with E-state index in [1.165, 1.54) is 0 Å². The number of halogens is 23. The molecule has 0 radical (unpaired) electrons. The van der Waals surface area contributed by atoms with E-state index in [1.807, 2.05) is 0 Å². The molecule has 226 valence electrons. The lowest BCUT2D eigenvalue weighted by molar-refractivity contribution is -0.460. The molecule has 2 nitrogen and oxygen atoms in total. The number of rotatable bonds is 9. The van der Waals surface area contributed by atoms with Gasteiger partial charge in [0.05, 0.1) is 0 Å². The standard InChI is InChI=1S/C13HF23O2/c14-2(1(3(37)38)4(15,16)12(31,32)33)5(17,18)6(19,20)7(21,22)8(23,24)9(25,26)10(27,28)11(29,30)13(34,35)36/h(H,37,38). The smallest absolute Gasteiger partial charge is 0.460 e. The van der Waals surface area contributed by atoms with Crippen LogP contribution in [0.3, 0.4) is 0 Å². The molecule has 1 N–H and O–H groups in total. The number of carboxylic acid groups (broad SMARTS) is 1. The summed E-state index contributed by atoms with van der Waals surface area (Å²) in [6.45, 7) is 0. The van der Waals surface area contributed by atoms with Crippen molar-refractivity contribution in [3.8, 4) is 0 Å². The van der Waals surface area contributed by atoms with E-state index in [9.17, 15) is 106 Å². The van der Waals surface area contributed by atoms with Crippen molar-refractivity contribution in [3.05, 3.63) is 11.4 Å². The Morgan fingerprint density at radius 2 is 0.658 bits per heavy atom. The van der Waals surface area contributed by atoms with Gasteiger partial charge in [-0.3, -0.25) is 0 Å². The summed E-state index contributed by atoms with van der Waals surface area (Å²) >= 11 is 0. The zero-order chi connectivity index (χ0) is 31.7. The molecule has 0 heterocycles. The van der Waals surface area contributed by atoms with E-state index in [0.29, 0.717) is 0 Å². The highest BCUT2D eigenvalue weighted by Crippen LogP contribution is 2.65. The molecule has 0 spiro atoms. The minimum atomic E-state index is -9.30. The average Bonchev–Trinajstić information content (AvgIpc) is 2.64. The predicted molar refractivity (Wildman–Crippen MR) is 67.5 cm³/mol. The number of hydrogen-bond donors (Lipinski definition) is 1. The molecule has 0 aromatic rings. The molecular formula is C13HF23O2. The van der Waals surface area contributed by atoms with Gasteiger partial charge in [0, 0.05) is 0 Å². The zero-order valence-electron chi connectivity index (χ0n) is 16.0. The molecule has 38 heavy (non-hydrogen) atoms. The molecule has 0 aromatic carbocycles. The maximum Gasteiger partial charge on any atom is 0.460 e. The van der Waals surface area contributed by atoms with Crippen molar-refractivity contribution < 1.29 is 111 Å². The van der Waals surface area contributed by atoms with Crippen LogP contribution >= 0.6 is 0 Å². The van der Waals surface area contributed by atoms with Gasteiger partial charge >= 0.3 is 65.7 Å². The molecule has 0 saturated heterocycles. The summed E-state index contributed by atoms with van der Waals surface area (Å²) in [5.74, 6) is -80.5. The molecule has 0 aliphatic carbocycles. The van der Waals surface area contributed by atoms with Gasteiger partial charge in [-0.25, -0.2) is 9.18 Å². The highest BCUT2D eigenvalue weighted by molar-refractivity contribution is 5.89. The molecule has 0 aliphatic rings. The van der Waals surface area contributed by atoms with Gasteiger partial charge < -0.3 is 5.11 Å².